The molecule has 0 spiro atoms. The van der Waals surface area contributed by atoms with Crippen LogP contribution in [0.25, 0.3) is 0 Å². The van der Waals surface area contributed by atoms with E-state index in [-0.39, 0.29) is 23.1 Å². The van der Waals surface area contributed by atoms with E-state index < -0.39 is 10.0 Å². The average molecular weight is 301 g/mol. The molecular weight excluding hydrogens is 282 g/mol. The van der Waals surface area contributed by atoms with E-state index in [0.29, 0.717) is 12.2 Å². The lowest BCUT2D eigenvalue weighted by molar-refractivity contribution is -0.128. The van der Waals surface area contributed by atoms with Gasteiger partial charge in [-0.1, -0.05) is 0 Å². The Morgan fingerprint density at radius 1 is 1.45 bits per heavy atom. The van der Waals surface area contributed by atoms with Crippen LogP contribution in [0.5, 0.6) is 5.75 Å². The fourth-order valence-corrected chi connectivity index (χ4v) is 2.58. The van der Waals surface area contributed by atoms with Crippen molar-refractivity contribution in [3.63, 3.8) is 0 Å². The van der Waals surface area contributed by atoms with Gasteiger partial charge >= 0.3 is 0 Å². The van der Waals surface area contributed by atoms with Crippen molar-refractivity contribution in [1.29, 1.82) is 0 Å². The van der Waals surface area contributed by atoms with Crippen LogP contribution < -0.4 is 15.2 Å². The van der Waals surface area contributed by atoms with Crippen molar-refractivity contribution in [3.8, 4) is 5.75 Å². The number of methoxy groups -OCH3 is 1. The summed E-state index contributed by atoms with van der Waals surface area (Å²) in [6.07, 6.45) is 0. The molecule has 0 atom stereocenters. The highest BCUT2D eigenvalue weighted by Crippen LogP contribution is 2.25. The number of amides is 1. The molecule has 0 aliphatic carbocycles. The first-order chi connectivity index (χ1) is 9.31. The highest BCUT2D eigenvalue weighted by Gasteiger charge is 2.21. The number of hydrogen-bond donors (Lipinski definition) is 2. The smallest absolute Gasteiger partial charge is 0.244 e. The maximum absolute atomic E-state index is 12.1. The number of nitrogens with two attached hydrogens (primary N) is 1. The van der Waals surface area contributed by atoms with Crippen LogP contribution in [0.1, 0.15) is 6.92 Å². The normalized spacial score (nSPS) is 11.2. The second-order valence-electron chi connectivity index (χ2n) is 4.14. The number of nitrogen functional groups attached to an aromatic ring is 1. The van der Waals surface area contributed by atoms with Crippen molar-refractivity contribution < 1.29 is 17.9 Å². The van der Waals surface area contributed by atoms with Gasteiger partial charge < -0.3 is 15.4 Å². The van der Waals surface area contributed by atoms with Gasteiger partial charge in [-0.15, -0.1) is 0 Å². The molecule has 0 unspecified atom stereocenters. The summed E-state index contributed by atoms with van der Waals surface area (Å²) in [5, 5.41) is 0. The highest BCUT2D eigenvalue weighted by molar-refractivity contribution is 7.89. The Kier molecular flexibility index (Phi) is 5.34. The highest BCUT2D eigenvalue weighted by atomic mass is 32.2. The molecule has 0 saturated heterocycles. The largest absolute Gasteiger partial charge is 0.495 e. The van der Waals surface area contributed by atoms with E-state index in [4.69, 9.17) is 10.5 Å². The Labute approximate surface area is 118 Å². The Morgan fingerprint density at radius 2 is 2.10 bits per heavy atom. The molecule has 1 aromatic carbocycles. The third kappa shape index (κ3) is 3.84. The summed E-state index contributed by atoms with van der Waals surface area (Å²) >= 11 is 0. The van der Waals surface area contributed by atoms with E-state index >= 15 is 0 Å². The number of benzene rings is 1. The lowest BCUT2D eigenvalue weighted by Gasteiger charge is -2.15. The number of nitrogens with zero attached hydrogens (tertiary/aromatic N) is 1. The predicted molar refractivity (Wildman–Crippen MR) is 75.9 cm³/mol. The van der Waals surface area contributed by atoms with Gasteiger partial charge in [0.25, 0.3) is 0 Å². The van der Waals surface area contributed by atoms with Crippen molar-refractivity contribution in [1.82, 2.24) is 9.62 Å². The number of hydrogen-bond acceptors (Lipinski definition) is 5. The van der Waals surface area contributed by atoms with Crippen LogP contribution in [0.3, 0.4) is 0 Å². The van der Waals surface area contributed by atoms with Crippen molar-refractivity contribution in [2.75, 3.05) is 33.0 Å². The van der Waals surface area contributed by atoms with Gasteiger partial charge in [0, 0.05) is 25.3 Å². The SMILES string of the molecule is CCN(C)C(=O)CNS(=O)(=O)c1ccc(N)cc1OC. The number of nitrogens with one attached hydrogen (secondary N) is 1. The maximum Gasteiger partial charge on any atom is 0.244 e. The summed E-state index contributed by atoms with van der Waals surface area (Å²) in [5.74, 6) is -0.181. The number of ether oxygens (including phenoxy) is 1. The van der Waals surface area contributed by atoms with Crippen LogP contribution in [0, 0.1) is 0 Å². The average Bonchev–Trinajstić information content (AvgIpc) is 2.43. The molecule has 0 heterocycles. The van der Waals surface area contributed by atoms with E-state index in [1.54, 1.807) is 14.0 Å². The minimum atomic E-state index is -3.83. The monoisotopic (exact) mass is 301 g/mol. The van der Waals surface area contributed by atoms with E-state index in [1.807, 2.05) is 0 Å². The fraction of sp³-hybridized carbons (Fsp3) is 0.417. The summed E-state index contributed by atoms with van der Waals surface area (Å²) in [5.41, 5.74) is 5.96. The third-order valence-electron chi connectivity index (χ3n) is 2.79. The minimum Gasteiger partial charge on any atom is -0.495 e. The molecule has 20 heavy (non-hydrogen) atoms. The molecule has 0 aliphatic rings. The summed E-state index contributed by atoms with van der Waals surface area (Å²) in [4.78, 5) is 13.0. The van der Waals surface area contributed by atoms with Gasteiger partial charge in [-0.3, -0.25) is 4.79 Å². The first-order valence-corrected chi connectivity index (χ1v) is 7.47. The molecule has 8 heteroatoms. The van der Waals surface area contributed by atoms with Gasteiger partial charge in [0.2, 0.25) is 15.9 Å². The Bertz CT molecular complexity index is 586. The molecule has 0 aliphatic heterocycles. The first kappa shape index (κ1) is 16.3. The van der Waals surface area contributed by atoms with Gasteiger partial charge in [-0.25, -0.2) is 13.1 Å². The van der Waals surface area contributed by atoms with Crippen molar-refractivity contribution in [2.45, 2.75) is 11.8 Å². The van der Waals surface area contributed by atoms with Crippen LogP contribution in [0.2, 0.25) is 0 Å². The second kappa shape index (κ2) is 6.58. The Morgan fingerprint density at radius 3 is 2.65 bits per heavy atom. The number of rotatable bonds is 6. The summed E-state index contributed by atoms with van der Waals surface area (Å²) in [6, 6.07) is 4.20. The third-order valence-corrected chi connectivity index (χ3v) is 4.23. The fourth-order valence-electron chi connectivity index (χ4n) is 1.45. The van der Waals surface area contributed by atoms with Crippen LogP contribution in [0.4, 0.5) is 5.69 Å². The number of sulfonamides is 1. The van der Waals surface area contributed by atoms with Crippen LogP contribution in [0.15, 0.2) is 23.1 Å². The van der Waals surface area contributed by atoms with Crippen LogP contribution in [-0.4, -0.2) is 46.5 Å². The topological polar surface area (TPSA) is 102 Å². The summed E-state index contributed by atoms with van der Waals surface area (Å²) in [7, 11) is -0.886. The molecule has 0 aromatic heterocycles. The zero-order valence-electron chi connectivity index (χ0n) is 11.7. The first-order valence-electron chi connectivity index (χ1n) is 5.99. The van der Waals surface area contributed by atoms with Crippen molar-refractivity contribution in [3.05, 3.63) is 18.2 Å². The molecule has 3 N–H and O–H groups in total. The van der Waals surface area contributed by atoms with Gasteiger partial charge in [0.1, 0.15) is 10.6 Å². The number of anilines is 1. The van der Waals surface area contributed by atoms with Gasteiger partial charge in [-0.05, 0) is 19.1 Å². The Hall–Kier alpha value is -1.80. The van der Waals surface area contributed by atoms with E-state index in [9.17, 15) is 13.2 Å². The van der Waals surface area contributed by atoms with Crippen LogP contribution in [-0.2, 0) is 14.8 Å². The molecule has 1 amide bonds. The lowest BCUT2D eigenvalue weighted by atomic mass is 10.3. The number of likely N-dealkylation sites (N-methyl/N-ethyl adjacent to an activating group) is 1. The van der Waals surface area contributed by atoms with E-state index in [1.165, 1.54) is 30.2 Å². The van der Waals surface area contributed by atoms with Crippen molar-refractivity contribution in [2.24, 2.45) is 0 Å². The molecule has 0 bridgehead atoms. The second-order valence-corrected chi connectivity index (χ2v) is 5.88. The molecule has 0 saturated carbocycles. The number of carbonyl (C=O) groups is 1. The van der Waals surface area contributed by atoms with Crippen molar-refractivity contribution >= 4 is 21.6 Å². The molecule has 1 aromatic rings. The van der Waals surface area contributed by atoms with Gasteiger partial charge in [-0.2, -0.15) is 0 Å². The molecule has 112 valence electrons. The molecule has 1 rings (SSSR count). The predicted octanol–water partition coefficient (Wildman–Crippen LogP) is 0.0340. The molecule has 0 radical (unpaired) electrons. The summed E-state index contributed by atoms with van der Waals surface area (Å²) in [6.45, 7) is 2.00. The summed E-state index contributed by atoms with van der Waals surface area (Å²) < 4.78 is 31.5. The lowest BCUT2D eigenvalue weighted by Crippen LogP contribution is -2.38. The van der Waals surface area contributed by atoms with Gasteiger partial charge in [0.05, 0.1) is 13.7 Å². The van der Waals surface area contributed by atoms with Gasteiger partial charge in [0.15, 0.2) is 0 Å². The zero-order chi connectivity index (χ0) is 15.3. The Balaban J connectivity index is 2.92. The van der Waals surface area contributed by atoms with E-state index in [0.717, 1.165) is 0 Å². The quantitative estimate of drug-likeness (QED) is 0.722. The molecule has 7 nitrogen and oxygen atoms in total. The zero-order valence-corrected chi connectivity index (χ0v) is 12.5. The number of carbonyl (C=O) groups excluding carboxylic acids is 1. The molecule has 0 fully saturated rings. The maximum atomic E-state index is 12.1. The van der Waals surface area contributed by atoms with Crippen LogP contribution >= 0.6 is 0 Å². The minimum absolute atomic E-state index is 0.0545. The standard InChI is InChI=1S/C12H19N3O4S/c1-4-15(2)12(16)8-14-20(17,18)11-6-5-9(13)7-10(11)19-3/h5-7,14H,4,8,13H2,1-3H3. The molecular formula is C12H19N3O4S. The van der Waals surface area contributed by atoms with E-state index in [2.05, 4.69) is 4.72 Å².